The summed E-state index contributed by atoms with van der Waals surface area (Å²) in [6, 6.07) is 8.02. The molecule has 1 aromatic carbocycles. The van der Waals surface area contributed by atoms with Crippen molar-refractivity contribution in [3.63, 3.8) is 0 Å². The second-order valence-corrected chi connectivity index (χ2v) is 6.12. The van der Waals surface area contributed by atoms with Crippen molar-refractivity contribution >= 4 is 23.3 Å². The zero-order valence-corrected chi connectivity index (χ0v) is 13.1. The van der Waals surface area contributed by atoms with Gasteiger partial charge in [-0.2, -0.15) is 0 Å². The third-order valence-corrected chi connectivity index (χ3v) is 4.28. The molecule has 3 amide bonds. The maximum Gasteiger partial charge on any atom is 0.324 e. The summed E-state index contributed by atoms with van der Waals surface area (Å²) in [4.78, 5) is 29.2. The molecule has 1 fully saturated rings. The zero-order valence-electron chi connectivity index (χ0n) is 13.1. The standard InChI is InChI=1S/C16H22N4O2/c1-12-10-18(2)13-5-3-4-6-14(13)19(11-12)7-8-20-15(21)9-17-16(20)22/h3-6,12H,7-11H2,1-2H3,(H,17,22). The monoisotopic (exact) mass is 302 g/mol. The molecule has 118 valence electrons. The molecule has 1 unspecified atom stereocenters. The van der Waals surface area contributed by atoms with E-state index in [4.69, 9.17) is 0 Å². The number of imide groups is 1. The summed E-state index contributed by atoms with van der Waals surface area (Å²) in [5, 5.41) is 2.57. The second kappa shape index (κ2) is 5.87. The van der Waals surface area contributed by atoms with Gasteiger partial charge < -0.3 is 15.1 Å². The summed E-state index contributed by atoms with van der Waals surface area (Å²) >= 11 is 0. The summed E-state index contributed by atoms with van der Waals surface area (Å²) in [6.45, 7) is 5.35. The van der Waals surface area contributed by atoms with Crippen molar-refractivity contribution in [2.24, 2.45) is 5.92 Å². The highest BCUT2D eigenvalue weighted by molar-refractivity contribution is 6.01. The van der Waals surface area contributed by atoms with E-state index in [2.05, 4.69) is 41.2 Å². The Kier molecular flexibility index (Phi) is 3.92. The molecule has 1 atom stereocenters. The number of hydrogen-bond donors (Lipinski definition) is 1. The van der Waals surface area contributed by atoms with Crippen LogP contribution in [-0.4, -0.2) is 56.6 Å². The van der Waals surface area contributed by atoms with Gasteiger partial charge in [0.05, 0.1) is 17.9 Å². The first-order valence-electron chi connectivity index (χ1n) is 7.69. The summed E-state index contributed by atoms with van der Waals surface area (Å²) in [5.74, 6) is 0.374. The quantitative estimate of drug-likeness (QED) is 0.851. The Morgan fingerprint density at radius 1 is 1.14 bits per heavy atom. The molecule has 2 aliphatic rings. The highest BCUT2D eigenvalue weighted by Crippen LogP contribution is 2.32. The zero-order chi connectivity index (χ0) is 15.7. The minimum atomic E-state index is -0.279. The molecular formula is C16H22N4O2. The van der Waals surface area contributed by atoms with Crippen LogP contribution in [0.3, 0.4) is 0 Å². The normalized spacial score (nSPS) is 21.7. The van der Waals surface area contributed by atoms with Gasteiger partial charge in [-0.1, -0.05) is 19.1 Å². The Labute approximate surface area is 130 Å². The van der Waals surface area contributed by atoms with Crippen LogP contribution in [0.1, 0.15) is 6.92 Å². The van der Waals surface area contributed by atoms with Crippen LogP contribution in [-0.2, 0) is 4.79 Å². The number of carbonyl (C=O) groups is 2. The second-order valence-electron chi connectivity index (χ2n) is 6.12. The largest absolute Gasteiger partial charge is 0.373 e. The van der Waals surface area contributed by atoms with Crippen LogP contribution in [0.4, 0.5) is 16.2 Å². The number of para-hydroxylation sites is 2. The Bertz CT molecular complexity index is 573. The highest BCUT2D eigenvalue weighted by Gasteiger charge is 2.29. The molecule has 22 heavy (non-hydrogen) atoms. The van der Waals surface area contributed by atoms with Crippen LogP contribution in [0.5, 0.6) is 0 Å². The predicted octanol–water partition coefficient (Wildman–Crippen LogP) is 1.13. The van der Waals surface area contributed by atoms with Crippen molar-refractivity contribution in [2.75, 3.05) is 49.6 Å². The summed E-state index contributed by atoms with van der Waals surface area (Å²) in [5.41, 5.74) is 2.37. The van der Waals surface area contributed by atoms with Gasteiger partial charge in [-0.15, -0.1) is 0 Å². The number of nitrogens with one attached hydrogen (secondary N) is 1. The Balaban J connectivity index is 1.78. The first-order valence-corrected chi connectivity index (χ1v) is 7.69. The third-order valence-electron chi connectivity index (χ3n) is 4.28. The van der Waals surface area contributed by atoms with Gasteiger partial charge in [0.15, 0.2) is 0 Å². The lowest BCUT2D eigenvalue weighted by Gasteiger charge is -2.27. The van der Waals surface area contributed by atoms with Gasteiger partial charge in [-0.3, -0.25) is 9.69 Å². The van der Waals surface area contributed by atoms with Gasteiger partial charge in [0, 0.05) is 33.2 Å². The molecule has 1 saturated heterocycles. The van der Waals surface area contributed by atoms with Gasteiger partial charge in [0.2, 0.25) is 5.91 Å². The van der Waals surface area contributed by atoms with Crippen molar-refractivity contribution in [3.8, 4) is 0 Å². The fraction of sp³-hybridized carbons (Fsp3) is 0.500. The lowest BCUT2D eigenvalue weighted by atomic mass is 10.1. The molecule has 1 N–H and O–H groups in total. The highest BCUT2D eigenvalue weighted by atomic mass is 16.2. The number of rotatable bonds is 3. The van der Waals surface area contributed by atoms with Crippen molar-refractivity contribution in [3.05, 3.63) is 24.3 Å². The summed E-state index contributed by atoms with van der Waals surface area (Å²) in [6.07, 6.45) is 0. The van der Waals surface area contributed by atoms with E-state index in [1.807, 2.05) is 12.1 Å². The van der Waals surface area contributed by atoms with Gasteiger partial charge >= 0.3 is 6.03 Å². The van der Waals surface area contributed by atoms with Crippen LogP contribution in [0.25, 0.3) is 0 Å². The number of anilines is 2. The van der Waals surface area contributed by atoms with Gasteiger partial charge in [-0.05, 0) is 18.1 Å². The van der Waals surface area contributed by atoms with Crippen LogP contribution in [0.2, 0.25) is 0 Å². The maximum absolute atomic E-state index is 11.7. The van der Waals surface area contributed by atoms with Crippen LogP contribution in [0.15, 0.2) is 24.3 Å². The molecule has 0 bridgehead atoms. The first kappa shape index (κ1) is 14.7. The number of benzene rings is 1. The van der Waals surface area contributed by atoms with Crippen LogP contribution >= 0.6 is 0 Å². The molecule has 3 rings (SSSR count). The molecule has 1 aromatic rings. The van der Waals surface area contributed by atoms with Crippen LogP contribution < -0.4 is 15.1 Å². The molecule has 0 spiro atoms. The van der Waals surface area contributed by atoms with E-state index in [0.717, 1.165) is 13.1 Å². The fourth-order valence-corrected chi connectivity index (χ4v) is 3.27. The smallest absolute Gasteiger partial charge is 0.324 e. The van der Waals surface area contributed by atoms with Crippen molar-refractivity contribution in [2.45, 2.75) is 6.92 Å². The van der Waals surface area contributed by atoms with E-state index in [1.165, 1.54) is 16.3 Å². The van der Waals surface area contributed by atoms with E-state index in [-0.39, 0.29) is 18.5 Å². The lowest BCUT2D eigenvalue weighted by molar-refractivity contribution is -0.124. The number of fused-ring (bicyclic) bond motifs is 1. The average Bonchev–Trinajstić information content (AvgIpc) is 2.75. The van der Waals surface area contributed by atoms with E-state index >= 15 is 0 Å². The van der Waals surface area contributed by atoms with Gasteiger partial charge in [0.25, 0.3) is 0 Å². The first-order chi connectivity index (χ1) is 10.6. The minimum Gasteiger partial charge on any atom is -0.373 e. The number of carbonyl (C=O) groups excluding carboxylic acids is 2. The fourth-order valence-electron chi connectivity index (χ4n) is 3.27. The topological polar surface area (TPSA) is 55.9 Å². The minimum absolute atomic E-state index is 0.120. The number of amides is 3. The summed E-state index contributed by atoms with van der Waals surface area (Å²) < 4.78 is 0. The van der Waals surface area contributed by atoms with Crippen molar-refractivity contribution < 1.29 is 9.59 Å². The predicted molar refractivity (Wildman–Crippen MR) is 86.2 cm³/mol. The number of nitrogens with zero attached hydrogens (tertiary/aromatic N) is 3. The summed E-state index contributed by atoms with van der Waals surface area (Å²) in [7, 11) is 2.11. The molecule has 2 aliphatic heterocycles. The Morgan fingerprint density at radius 2 is 1.86 bits per heavy atom. The number of urea groups is 1. The van der Waals surface area contributed by atoms with E-state index in [1.54, 1.807) is 0 Å². The molecule has 6 nitrogen and oxygen atoms in total. The van der Waals surface area contributed by atoms with Crippen LogP contribution in [0, 0.1) is 5.92 Å². The third kappa shape index (κ3) is 2.73. The molecule has 0 aliphatic carbocycles. The Hall–Kier alpha value is -2.24. The molecular weight excluding hydrogens is 280 g/mol. The molecule has 0 radical (unpaired) electrons. The molecule has 6 heteroatoms. The molecule has 0 aromatic heterocycles. The molecule has 2 heterocycles. The van der Waals surface area contributed by atoms with E-state index in [0.29, 0.717) is 19.0 Å². The van der Waals surface area contributed by atoms with Gasteiger partial charge in [-0.25, -0.2) is 4.79 Å². The van der Waals surface area contributed by atoms with Crippen molar-refractivity contribution in [1.82, 2.24) is 10.2 Å². The Morgan fingerprint density at radius 3 is 2.55 bits per heavy atom. The molecule has 0 saturated carbocycles. The van der Waals surface area contributed by atoms with Crippen molar-refractivity contribution in [1.29, 1.82) is 0 Å². The van der Waals surface area contributed by atoms with E-state index in [9.17, 15) is 9.59 Å². The van der Waals surface area contributed by atoms with E-state index < -0.39 is 0 Å². The number of hydrogen-bond acceptors (Lipinski definition) is 4. The average molecular weight is 302 g/mol. The lowest BCUT2D eigenvalue weighted by Crippen LogP contribution is -2.40. The maximum atomic E-state index is 11.7. The SMILES string of the molecule is CC1CN(C)c2ccccc2N(CCN2C(=O)CNC2=O)C1. The van der Waals surface area contributed by atoms with Gasteiger partial charge in [0.1, 0.15) is 0 Å².